The highest BCUT2D eigenvalue weighted by Crippen LogP contribution is 2.27. The number of rotatable bonds is 4. The summed E-state index contributed by atoms with van der Waals surface area (Å²) >= 11 is 3.40. The molecule has 0 aliphatic carbocycles. The molecule has 1 fully saturated rings. The van der Waals surface area contributed by atoms with Crippen LogP contribution in [0.15, 0.2) is 22.8 Å². The van der Waals surface area contributed by atoms with Gasteiger partial charge in [-0.3, -0.25) is 0 Å². The fraction of sp³-hybridized carbons (Fsp3) is 0.583. The maximum atomic E-state index is 8.89. The predicted molar refractivity (Wildman–Crippen MR) is 68.6 cm³/mol. The molecule has 0 saturated carbocycles. The number of hydrogen-bond acceptors (Lipinski definition) is 3. The summed E-state index contributed by atoms with van der Waals surface area (Å²) in [6.07, 6.45) is 4.39. The van der Waals surface area contributed by atoms with Crippen LogP contribution in [-0.2, 0) is 0 Å². The van der Waals surface area contributed by atoms with E-state index in [4.69, 9.17) is 5.11 Å². The first-order valence-corrected chi connectivity index (χ1v) is 6.60. The van der Waals surface area contributed by atoms with Gasteiger partial charge in [0, 0.05) is 19.2 Å². The molecule has 2 heterocycles. The quantitative estimate of drug-likeness (QED) is 0.864. The lowest BCUT2D eigenvalue weighted by Gasteiger charge is -2.25. The first kappa shape index (κ1) is 11.9. The van der Waals surface area contributed by atoms with Crippen molar-refractivity contribution in [3.05, 3.63) is 22.8 Å². The van der Waals surface area contributed by atoms with Crippen molar-refractivity contribution < 1.29 is 5.11 Å². The molecule has 16 heavy (non-hydrogen) atoms. The van der Waals surface area contributed by atoms with Gasteiger partial charge in [0.05, 0.1) is 0 Å². The zero-order chi connectivity index (χ0) is 11.4. The minimum atomic E-state index is 0.288. The Bertz CT molecular complexity index is 346. The van der Waals surface area contributed by atoms with Gasteiger partial charge in [-0.15, -0.1) is 0 Å². The Hall–Kier alpha value is -0.610. The molecule has 1 unspecified atom stereocenters. The number of nitrogens with zero attached hydrogens (tertiary/aromatic N) is 2. The topological polar surface area (TPSA) is 36.4 Å². The lowest BCUT2D eigenvalue weighted by molar-refractivity contribution is 0.279. The smallest absolute Gasteiger partial charge is 0.130 e. The van der Waals surface area contributed by atoms with Crippen LogP contribution in [0, 0.1) is 0 Å². The molecule has 0 amide bonds. The first-order chi connectivity index (χ1) is 7.81. The first-order valence-electron chi connectivity index (χ1n) is 5.81. The number of pyridine rings is 1. The summed E-state index contributed by atoms with van der Waals surface area (Å²) in [5, 5.41) is 8.89. The van der Waals surface area contributed by atoms with Crippen LogP contribution < -0.4 is 4.90 Å². The Balaban J connectivity index is 2.07. The van der Waals surface area contributed by atoms with Gasteiger partial charge in [-0.1, -0.05) is 6.07 Å². The molecule has 1 aliphatic rings. The van der Waals surface area contributed by atoms with Gasteiger partial charge in [0.1, 0.15) is 10.4 Å². The van der Waals surface area contributed by atoms with Crippen LogP contribution in [0.1, 0.15) is 25.7 Å². The Morgan fingerprint density at radius 1 is 1.50 bits per heavy atom. The van der Waals surface area contributed by atoms with E-state index >= 15 is 0 Å². The Labute approximate surface area is 105 Å². The minimum absolute atomic E-state index is 0.288. The number of halogens is 1. The van der Waals surface area contributed by atoms with Crippen LogP contribution in [0.5, 0.6) is 0 Å². The normalized spacial score (nSPS) is 20.4. The minimum Gasteiger partial charge on any atom is -0.396 e. The van der Waals surface area contributed by atoms with Crippen LogP contribution in [0.25, 0.3) is 0 Å². The molecule has 0 spiro atoms. The molecule has 0 radical (unpaired) electrons. The van der Waals surface area contributed by atoms with Gasteiger partial charge in [0.15, 0.2) is 0 Å². The van der Waals surface area contributed by atoms with Crippen molar-refractivity contribution in [1.29, 1.82) is 0 Å². The fourth-order valence-electron chi connectivity index (χ4n) is 2.32. The van der Waals surface area contributed by atoms with Crippen molar-refractivity contribution in [2.45, 2.75) is 31.7 Å². The van der Waals surface area contributed by atoms with E-state index in [-0.39, 0.29) is 6.61 Å². The number of aliphatic hydroxyl groups is 1. The highest BCUT2D eigenvalue weighted by atomic mass is 79.9. The number of aliphatic hydroxyl groups excluding tert-OH is 1. The Morgan fingerprint density at radius 3 is 3.12 bits per heavy atom. The van der Waals surface area contributed by atoms with E-state index in [0.29, 0.717) is 6.04 Å². The number of anilines is 1. The lowest BCUT2D eigenvalue weighted by Crippen LogP contribution is -2.30. The van der Waals surface area contributed by atoms with E-state index in [9.17, 15) is 0 Å². The Morgan fingerprint density at radius 2 is 2.38 bits per heavy atom. The summed E-state index contributed by atoms with van der Waals surface area (Å²) in [7, 11) is 0. The van der Waals surface area contributed by atoms with Gasteiger partial charge in [0.25, 0.3) is 0 Å². The second-order valence-corrected chi connectivity index (χ2v) is 4.99. The third-order valence-electron chi connectivity index (χ3n) is 3.07. The molecule has 3 nitrogen and oxygen atoms in total. The molecule has 0 bridgehead atoms. The van der Waals surface area contributed by atoms with E-state index < -0.39 is 0 Å². The second kappa shape index (κ2) is 5.64. The van der Waals surface area contributed by atoms with Crippen LogP contribution >= 0.6 is 15.9 Å². The van der Waals surface area contributed by atoms with Gasteiger partial charge in [-0.25, -0.2) is 4.98 Å². The maximum Gasteiger partial charge on any atom is 0.130 e. The monoisotopic (exact) mass is 284 g/mol. The average Bonchev–Trinajstić information content (AvgIpc) is 2.74. The lowest BCUT2D eigenvalue weighted by atomic mass is 10.1. The second-order valence-electron chi connectivity index (χ2n) is 4.17. The molecule has 1 saturated heterocycles. The van der Waals surface area contributed by atoms with Crippen LogP contribution in [0.4, 0.5) is 5.82 Å². The molecule has 1 aliphatic heterocycles. The molecular formula is C12H17BrN2O. The summed E-state index contributed by atoms with van der Waals surface area (Å²) in [6.45, 7) is 1.37. The third-order valence-corrected chi connectivity index (χ3v) is 3.51. The number of hydrogen-bond donors (Lipinski definition) is 1. The van der Waals surface area contributed by atoms with E-state index in [1.165, 1.54) is 12.8 Å². The van der Waals surface area contributed by atoms with Crippen LogP contribution in [0.3, 0.4) is 0 Å². The molecular weight excluding hydrogens is 268 g/mol. The third kappa shape index (κ3) is 2.74. The Kier molecular flexibility index (Phi) is 4.18. The average molecular weight is 285 g/mol. The summed E-state index contributed by atoms with van der Waals surface area (Å²) in [4.78, 5) is 6.86. The predicted octanol–water partition coefficient (Wildman–Crippen LogP) is 2.59. The van der Waals surface area contributed by atoms with Crippen molar-refractivity contribution in [1.82, 2.24) is 4.98 Å². The van der Waals surface area contributed by atoms with Gasteiger partial charge >= 0.3 is 0 Å². The van der Waals surface area contributed by atoms with Gasteiger partial charge < -0.3 is 10.0 Å². The molecule has 1 aromatic rings. The molecule has 4 heteroatoms. The van der Waals surface area contributed by atoms with E-state index in [1.54, 1.807) is 0 Å². The molecule has 88 valence electrons. The van der Waals surface area contributed by atoms with Crippen LogP contribution in [0.2, 0.25) is 0 Å². The number of aromatic nitrogens is 1. The van der Waals surface area contributed by atoms with Crippen molar-refractivity contribution in [2.75, 3.05) is 18.1 Å². The molecule has 0 aromatic carbocycles. The van der Waals surface area contributed by atoms with E-state index in [2.05, 4.69) is 31.9 Å². The van der Waals surface area contributed by atoms with Crippen molar-refractivity contribution in [3.8, 4) is 0 Å². The highest BCUT2D eigenvalue weighted by Gasteiger charge is 2.24. The van der Waals surface area contributed by atoms with Gasteiger partial charge in [-0.05, 0) is 53.7 Å². The summed E-state index contributed by atoms with van der Waals surface area (Å²) < 4.78 is 0.887. The zero-order valence-electron chi connectivity index (χ0n) is 9.27. The van der Waals surface area contributed by atoms with Crippen LogP contribution in [-0.4, -0.2) is 29.3 Å². The van der Waals surface area contributed by atoms with E-state index in [1.807, 2.05) is 12.1 Å². The molecule has 1 N–H and O–H groups in total. The largest absolute Gasteiger partial charge is 0.396 e. The summed E-state index contributed by atoms with van der Waals surface area (Å²) in [5.74, 6) is 1.05. The summed E-state index contributed by atoms with van der Waals surface area (Å²) in [6, 6.07) is 6.58. The zero-order valence-corrected chi connectivity index (χ0v) is 10.9. The van der Waals surface area contributed by atoms with Crippen molar-refractivity contribution in [3.63, 3.8) is 0 Å². The SMILES string of the molecule is OCCCC1CCCN1c1cccc(Br)n1. The van der Waals surface area contributed by atoms with Gasteiger partial charge in [-0.2, -0.15) is 0 Å². The van der Waals surface area contributed by atoms with Gasteiger partial charge in [0.2, 0.25) is 0 Å². The maximum absolute atomic E-state index is 8.89. The van der Waals surface area contributed by atoms with E-state index in [0.717, 1.165) is 29.8 Å². The molecule has 1 aromatic heterocycles. The summed E-state index contributed by atoms with van der Waals surface area (Å²) in [5.41, 5.74) is 0. The standard InChI is InChI=1S/C12H17BrN2O/c13-11-6-1-7-12(14-11)15-8-2-4-10(15)5-3-9-16/h1,6-7,10,16H,2-5,8-9H2. The highest BCUT2D eigenvalue weighted by molar-refractivity contribution is 9.10. The molecule has 1 atom stereocenters. The fourth-order valence-corrected chi connectivity index (χ4v) is 2.66. The van der Waals surface area contributed by atoms with Crippen molar-refractivity contribution in [2.24, 2.45) is 0 Å². The molecule has 2 rings (SSSR count). The van der Waals surface area contributed by atoms with Crippen molar-refractivity contribution >= 4 is 21.7 Å².